The van der Waals surface area contributed by atoms with Gasteiger partial charge in [0.2, 0.25) is 5.91 Å². The second-order valence-corrected chi connectivity index (χ2v) is 6.92. The van der Waals surface area contributed by atoms with Crippen LogP contribution in [0.1, 0.15) is 28.1 Å². The van der Waals surface area contributed by atoms with Gasteiger partial charge in [-0.3, -0.25) is 14.3 Å². The van der Waals surface area contributed by atoms with Gasteiger partial charge in [-0.15, -0.1) is 0 Å². The molecule has 0 aliphatic rings. The standard InChI is InChI=1S/C21H21F3N4O2/c1-14-17(15(2)28(26-14)12-16-7-4-3-5-8-16)11-25-19(29)13-27-10-6-9-18(20(27)30)21(22,23)24/h3-10H,11-13H2,1-2H3,(H,25,29). The Morgan fingerprint density at radius 3 is 2.47 bits per heavy atom. The Bertz CT molecular complexity index is 1100. The Morgan fingerprint density at radius 2 is 1.80 bits per heavy atom. The lowest BCUT2D eigenvalue weighted by Crippen LogP contribution is -2.34. The molecule has 158 valence electrons. The highest BCUT2D eigenvalue weighted by Gasteiger charge is 2.34. The van der Waals surface area contributed by atoms with Crippen LogP contribution in [0.3, 0.4) is 0 Å². The molecule has 2 aromatic heterocycles. The third kappa shape index (κ3) is 4.79. The second kappa shape index (κ2) is 8.56. The number of aromatic nitrogens is 3. The molecule has 3 rings (SSSR count). The number of carbonyl (C=O) groups excluding carboxylic acids is 1. The average Bonchev–Trinajstić information content (AvgIpc) is 2.94. The molecule has 2 heterocycles. The molecule has 0 atom stereocenters. The van der Waals surface area contributed by atoms with E-state index in [2.05, 4.69) is 10.4 Å². The zero-order valence-electron chi connectivity index (χ0n) is 16.5. The number of pyridine rings is 1. The van der Waals surface area contributed by atoms with E-state index in [4.69, 9.17) is 0 Å². The quantitative estimate of drug-likeness (QED) is 0.669. The minimum absolute atomic E-state index is 0.166. The molecule has 1 aromatic carbocycles. The van der Waals surface area contributed by atoms with Crippen LogP contribution in [0.15, 0.2) is 53.5 Å². The number of alkyl halides is 3. The number of rotatable bonds is 6. The summed E-state index contributed by atoms with van der Waals surface area (Å²) in [5.74, 6) is -0.564. The minimum Gasteiger partial charge on any atom is -0.350 e. The van der Waals surface area contributed by atoms with E-state index >= 15 is 0 Å². The molecule has 0 aliphatic heterocycles. The van der Waals surface area contributed by atoms with Gasteiger partial charge in [0, 0.05) is 24.0 Å². The summed E-state index contributed by atoms with van der Waals surface area (Å²) in [6, 6.07) is 11.6. The minimum atomic E-state index is -4.77. The predicted molar refractivity (Wildman–Crippen MR) is 105 cm³/mol. The number of hydrogen-bond donors (Lipinski definition) is 1. The third-order valence-corrected chi connectivity index (χ3v) is 4.81. The SMILES string of the molecule is Cc1nn(Cc2ccccc2)c(C)c1CNC(=O)Cn1cccc(C(F)(F)F)c1=O. The van der Waals surface area contributed by atoms with Gasteiger partial charge in [-0.05, 0) is 31.5 Å². The molecule has 0 fully saturated rings. The highest BCUT2D eigenvalue weighted by Crippen LogP contribution is 2.25. The maximum absolute atomic E-state index is 12.9. The fourth-order valence-electron chi connectivity index (χ4n) is 3.17. The van der Waals surface area contributed by atoms with Gasteiger partial charge in [-0.25, -0.2) is 0 Å². The molecule has 1 N–H and O–H groups in total. The van der Waals surface area contributed by atoms with Crippen molar-refractivity contribution in [2.45, 2.75) is 39.7 Å². The van der Waals surface area contributed by atoms with Gasteiger partial charge in [0.05, 0.1) is 12.2 Å². The van der Waals surface area contributed by atoms with Crippen LogP contribution in [-0.4, -0.2) is 20.3 Å². The predicted octanol–water partition coefficient (Wildman–Crippen LogP) is 3.05. The Kier molecular flexibility index (Phi) is 6.09. The first kappa shape index (κ1) is 21.4. The van der Waals surface area contributed by atoms with Crippen LogP contribution in [0, 0.1) is 13.8 Å². The monoisotopic (exact) mass is 418 g/mol. The van der Waals surface area contributed by atoms with E-state index in [9.17, 15) is 22.8 Å². The summed E-state index contributed by atoms with van der Waals surface area (Å²) in [4.78, 5) is 24.2. The molecule has 9 heteroatoms. The molecule has 0 saturated heterocycles. The van der Waals surface area contributed by atoms with Crippen LogP contribution in [0.2, 0.25) is 0 Å². The number of amides is 1. The van der Waals surface area contributed by atoms with Crippen LogP contribution in [-0.2, 0) is 30.6 Å². The van der Waals surface area contributed by atoms with Gasteiger partial charge < -0.3 is 9.88 Å². The highest BCUT2D eigenvalue weighted by molar-refractivity contribution is 5.75. The fraction of sp³-hybridized carbons (Fsp3) is 0.286. The summed E-state index contributed by atoms with van der Waals surface area (Å²) in [5.41, 5.74) is 1.00. The zero-order valence-corrected chi connectivity index (χ0v) is 16.5. The Hall–Kier alpha value is -3.36. The second-order valence-electron chi connectivity index (χ2n) is 6.92. The van der Waals surface area contributed by atoms with Crippen LogP contribution in [0.5, 0.6) is 0 Å². The van der Waals surface area contributed by atoms with E-state index in [1.54, 1.807) is 0 Å². The van der Waals surface area contributed by atoms with E-state index in [1.807, 2.05) is 48.9 Å². The lowest BCUT2D eigenvalue weighted by atomic mass is 10.2. The summed E-state index contributed by atoms with van der Waals surface area (Å²) in [6.07, 6.45) is -3.61. The first-order valence-electron chi connectivity index (χ1n) is 9.27. The highest BCUT2D eigenvalue weighted by atomic mass is 19.4. The van der Waals surface area contributed by atoms with Gasteiger partial charge in [0.25, 0.3) is 5.56 Å². The smallest absolute Gasteiger partial charge is 0.350 e. The van der Waals surface area contributed by atoms with Gasteiger partial charge in [-0.2, -0.15) is 18.3 Å². The van der Waals surface area contributed by atoms with E-state index in [0.717, 1.165) is 39.3 Å². The zero-order chi connectivity index (χ0) is 21.9. The number of hydrogen-bond acceptors (Lipinski definition) is 3. The maximum atomic E-state index is 12.9. The van der Waals surface area contributed by atoms with Crippen molar-refractivity contribution in [3.8, 4) is 0 Å². The molecule has 30 heavy (non-hydrogen) atoms. The summed E-state index contributed by atoms with van der Waals surface area (Å²) < 4.78 is 41.2. The van der Waals surface area contributed by atoms with Crippen molar-refractivity contribution in [3.63, 3.8) is 0 Å². The maximum Gasteiger partial charge on any atom is 0.421 e. The van der Waals surface area contributed by atoms with Gasteiger partial charge in [0.15, 0.2) is 0 Å². The number of aryl methyl sites for hydroxylation is 1. The topological polar surface area (TPSA) is 68.9 Å². The van der Waals surface area contributed by atoms with Gasteiger partial charge >= 0.3 is 6.18 Å². The number of halogens is 3. The molecular weight excluding hydrogens is 397 g/mol. The number of nitrogens with zero attached hydrogens (tertiary/aromatic N) is 3. The van der Waals surface area contributed by atoms with Crippen LogP contribution in [0.4, 0.5) is 13.2 Å². The molecule has 6 nitrogen and oxygen atoms in total. The van der Waals surface area contributed by atoms with E-state index in [1.165, 1.54) is 0 Å². The molecule has 0 spiro atoms. The van der Waals surface area contributed by atoms with Crippen molar-refractivity contribution in [2.24, 2.45) is 0 Å². The number of nitrogens with one attached hydrogen (secondary N) is 1. The summed E-state index contributed by atoms with van der Waals surface area (Å²) in [5, 5.41) is 7.16. The lowest BCUT2D eigenvalue weighted by Gasteiger charge is -2.11. The van der Waals surface area contributed by atoms with Gasteiger partial charge in [-0.1, -0.05) is 30.3 Å². The molecule has 3 aromatic rings. The normalized spacial score (nSPS) is 11.5. The Balaban J connectivity index is 1.68. The van der Waals surface area contributed by atoms with Gasteiger partial charge in [0.1, 0.15) is 12.1 Å². The molecule has 0 saturated carbocycles. The van der Waals surface area contributed by atoms with Crippen molar-refractivity contribution < 1.29 is 18.0 Å². The van der Waals surface area contributed by atoms with Crippen LogP contribution in [0.25, 0.3) is 0 Å². The first-order valence-corrected chi connectivity index (χ1v) is 9.27. The van der Waals surface area contributed by atoms with Crippen molar-refractivity contribution in [1.29, 1.82) is 0 Å². The molecule has 0 aliphatic carbocycles. The van der Waals surface area contributed by atoms with Crippen molar-refractivity contribution in [3.05, 3.63) is 87.1 Å². The Morgan fingerprint density at radius 1 is 1.10 bits per heavy atom. The number of carbonyl (C=O) groups is 1. The van der Waals surface area contributed by atoms with E-state index < -0.39 is 29.8 Å². The first-order chi connectivity index (χ1) is 14.2. The van der Waals surface area contributed by atoms with Crippen molar-refractivity contribution >= 4 is 5.91 Å². The summed E-state index contributed by atoms with van der Waals surface area (Å²) >= 11 is 0. The van der Waals surface area contributed by atoms with Crippen LogP contribution < -0.4 is 10.9 Å². The third-order valence-electron chi connectivity index (χ3n) is 4.81. The molecular formula is C21H21F3N4O2. The number of benzene rings is 1. The van der Waals surface area contributed by atoms with Crippen molar-refractivity contribution in [2.75, 3.05) is 0 Å². The molecule has 0 unspecified atom stereocenters. The average molecular weight is 418 g/mol. The summed E-state index contributed by atoms with van der Waals surface area (Å²) in [7, 11) is 0. The summed E-state index contributed by atoms with van der Waals surface area (Å²) in [6.45, 7) is 3.97. The van der Waals surface area contributed by atoms with Crippen molar-refractivity contribution in [1.82, 2.24) is 19.7 Å². The molecule has 0 bridgehead atoms. The van der Waals surface area contributed by atoms with Crippen LogP contribution >= 0.6 is 0 Å². The molecule has 1 amide bonds. The Labute approximate surface area is 171 Å². The lowest BCUT2D eigenvalue weighted by molar-refractivity contribution is -0.139. The van der Waals surface area contributed by atoms with E-state index in [0.29, 0.717) is 12.6 Å². The van der Waals surface area contributed by atoms with E-state index in [-0.39, 0.29) is 6.54 Å². The largest absolute Gasteiger partial charge is 0.421 e. The fourth-order valence-corrected chi connectivity index (χ4v) is 3.17. The molecule has 0 radical (unpaired) electrons.